The maximum atomic E-state index is 13.9. The Morgan fingerprint density at radius 1 is 1.03 bits per heavy atom. The number of hydrogen-bond donors (Lipinski definition) is 3. The number of ether oxygens (including phenoxy) is 2. The Labute approximate surface area is 197 Å². The molecule has 35 heavy (non-hydrogen) atoms. The third kappa shape index (κ3) is 4.46. The summed E-state index contributed by atoms with van der Waals surface area (Å²) in [6.07, 6.45) is -4.95. The van der Waals surface area contributed by atoms with Gasteiger partial charge in [-0.25, -0.2) is 4.68 Å². The van der Waals surface area contributed by atoms with Crippen LogP contribution >= 0.6 is 0 Å². The van der Waals surface area contributed by atoms with E-state index in [1.165, 1.54) is 6.07 Å². The number of fused-ring (bicyclic) bond motifs is 2. The number of aryl methyl sites for hydroxylation is 1. The Balaban J connectivity index is 1.35. The van der Waals surface area contributed by atoms with E-state index in [0.29, 0.717) is 22.6 Å². The second-order valence-electron chi connectivity index (χ2n) is 8.24. The molecule has 0 fully saturated rings. The summed E-state index contributed by atoms with van der Waals surface area (Å²) in [6, 6.07) is 10.1. The fourth-order valence-electron chi connectivity index (χ4n) is 3.99. The zero-order valence-corrected chi connectivity index (χ0v) is 18.3. The van der Waals surface area contributed by atoms with Crippen LogP contribution in [0.25, 0.3) is 0 Å². The molecule has 3 N–H and O–H groups in total. The van der Waals surface area contributed by atoms with Gasteiger partial charge in [-0.2, -0.15) is 18.3 Å². The maximum absolute atomic E-state index is 13.9. The number of halogens is 3. The van der Waals surface area contributed by atoms with Gasteiger partial charge >= 0.3 is 6.18 Å². The van der Waals surface area contributed by atoms with Gasteiger partial charge in [0.2, 0.25) is 6.79 Å². The summed E-state index contributed by atoms with van der Waals surface area (Å²) in [4.78, 5) is 24.8. The molecule has 2 amide bonds. The molecule has 2 atom stereocenters. The van der Waals surface area contributed by atoms with Gasteiger partial charge in [0.15, 0.2) is 23.2 Å². The van der Waals surface area contributed by atoms with E-state index >= 15 is 0 Å². The number of hydrazine groups is 1. The highest BCUT2D eigenvalue weighted by molar-refractivity contribution is 5.98. The molecule has 0 unspecified atom stereocenters. The zero-order valence-electron chi connectivity index (χ0n) is 18.3. The summed E-state index contributed by atoms with van der Waals surface area (Å²) in [5.41, 5.74) is 6.00. The van der Waals surface area contributed by atoms with Crippen molar-refractivity contribution in [1.82, 2.24) is 20.6 Å². The second kappa shape index (κ2) is 8.53. The molecule has 0 radical (unpaired) electrons. The van der Waals surface area contributed by atoms with Crippen LogP contribution in [-0.2, 0) is 0 Å². The summed E-state index contributed by atoms with van der Waals surface area (Å²) < 4.78 is 53.1. The standard InChI is InChI=1S/C23H20F3N5O4/c1-12-2-4-13(5-3-12)21(32)28-29-22(33)16-10-20-27-15(9-19(23(24,25)26)31(20)30-16)14-6-7-17-18(8-14)35-11-34-17/h2-8,10,15,19,27H,9,11H2,1H3,(H,28,32)(H,29,33)/t15-,19+/m1/s1. The van der Waals surface area contributed by atoms with Crippen LogP contribution in [0.15, 0.2) is 48.5 Å². The smallest absolute Gasteiger partial charge is 0.410 e. The maximum Gasteiger partial charge on any atom is 0.410 e. The number of amides is 2. The van der Waals surface area contributed by atoms with Gasteiger partial charge in [-0.15, -0.1) is 0 Å². The molecule has 182 valence electrons. The molecule has 5 rings (SSSR count). The van der Waals surface area contributed by atoms with Crippen LogP contribution < -0.4 is 25.6 Å². The minimum absolute atomic E-state index is 0.0243. The van der Waals surface area contributed by atoms with E-state index < -0.39 is 30.1 Å². The summed E-state index contributed by atoms with van der Waals surface area (Å²) in [6.45, 7) is 1.91. The van der Waals surface area contributed by atoms with E-state index in [4.69, 9.17) is 9.47 Å². The Morgan fingerprint density at radius 3 is 2.49 bits per heavy atom. The predicted octanol–water partition coefficient (Wildman–Crippen LogP) is 3.66. The minimum atomic E-state index is -4.61. The lowest BCUT2D eigenvalue weighted by Gasteiger charge is -2.33. The first kappa shape index (κ1) is 22.6. The molecule has 0 spiro atoms. The summed E-state index contributed by atoms with van der Waals surface area (Å²) in [7, 11) is 0. The normalized spacial score (nSPS) is 18.4. The fraction of sp³-hybridized carbons (Fsp3) is 0.261. The molecule has 0 aliphatic carbocycles. The topological polar surface area (TPSA) is 107 Å². The molecule has 2 aliphatic rings. The number of carbonyl (C=O) groups excluding carboxylic acids is 2. The quantitative estimate of drug-likeness (QED) is 0.487. The molecule has 3 heterocycles. The van der Waals surface area contributed by atoms with Crippen molar-refractivity contribution in [2.45, 2.75) is 31.6 Å². The van der Waals surface area contributed by atoms with Crippen molar-refractivity contribution >= 4 is 17.6 Å². The lowest BCUT2D eigenvalue weighted by Crippen LogP contribution is -2.42. The number of rotatable bonds is 3. The van der Waals surface area contributed by atoms with Gasteiger partial charge in [-0.1, -0.05) is 23.8 Å². The Hall–Kier alpha value is -4.22. The highest BCUT2D eigenvalue weighted by Gasteiger charge is 2.47. The monoisotopic (exact) mass is 487 g/mol. The SMILES string of the molecule is Cc1ccc(C(=O)NNC(=O)c2cc3n(n2)[C@H](C(F)(F)F)C[C@H](c2ccc4c(c2)OCO4)N3)cc1. The first-order valence-electron chi connectivity index (χ1n) is 10.7. The number of nitrogens with zero attached hydrogens (tertiary/aromatic N) is 2. The fourth-order valence-corrected chi connectivity index (χ4v) is 3.99. The number of nitrogens with one attached hydrogen (secondary N) is 3. The molecule has 1 aromatic heterocycles. The molecule has 0 bridgehead atoms. The zero-order chi connectivity index (χ0) is 24.7. The predicted molar refractivity (Wildman–Crippen MR) is 117 cm³/mol. The molecule has 2 aliphatic heterocycles. The van der Waals surface area contributed by atoms with E-state index in [0.717, 1.165) is 10.2 Å². The van der Waals surface area contributed by atoms with Crippen LogP contribution in [0.1, 0.15) is 50.5 Å². The molecule has 2 aromatic carbocycles. The van der Waals surface area contributed by atoms with Crippen LogP contribution in [0.4, 0.5) is 19.0 Å². The van der Waals surface area contributed by atoms with Crippen LogP contribution in [0.2, 0.25) is 0 Å². The average Bonchev–Trinajstić information content (AvgIpc) is 3.47. The van der Waals surface area contributed by atoms with Gasteiger partial charge in [0.1, 0.15) is 5.82 Å². The van der Waals surface area contributed by atoms with Gasteiger partial charge in [0, 0.05) is 18.1 Å². The van der Waals surface area contributed by atoms with Gasteiger partial charge in [-0.05, 0) is 36.8 Å². The number of carbonyl (C=O) groups is 2. The third-order valence-electron chi connectivity index (χ3n) is 5.82. The highest BCUT2D eigenvalue weighted by atomic mass is 19.4. The lowest BCUT2D eigenvalue weighted by atomic mass is 9.96. The molecular formula is C23H20F3N5O4. The Morgan fingerprint density at radius 2 is 1.74 bits per heavy atom. The van der Waals surface area contributed by atoms with E-state index in [1.54, 1.807) is 42.5 Å². The largest absolute Gasteiger partial charge is 0.454 e. The summed E-state index contributed by atoms with van der Waals surface area (Å²) in [5.74, 6) is -0.424. The summed E-state index contributed by atoms with van der Waals surface area (Å²) >= 11 is 0. The number of benzene rings is 2. The molecular weight excluding hydrogens is 467 g/mol. The van der Waals surface area contributed by atoms with Crippen molar-refractivity contribution in [3.63, 3.8) is 0 Å². The van der Waals surface area contributed by atoms with E-state index in [2.05, 4.69) is 21.3 Å². The van der Waals surface area contributed by atoms with Crippen LogP contribution in [-0.4, -0.2) is 34.6 Å². The van der Waals surface area contributed by atoms with Crippen molar-refractivity contribution in [2.75, 3.05) is 12.1 Å². The Kier molecular flexibility index (Phi) is 5.50. The Bertz CT molecular complexity index is 1290. The van der Waals surface area contributed by atoms with Crippen LogP contribution in [0.3, 0.4) is 0 Å². The molecule has 0 saturated carbocycles. The molecule has 9 nitrogen and oxygen atoms in total. The number of hydrogen-bond acceptors (Lipinski definition) is 6. The minimum Gasteiger partial charge on any atom is -0.454 e. The van der Waals surface area contributed by atoms with Crippen molar-refractivity contribution in [2.24, 2.45) is 0 Å². The van der Waals surface area contributed by atoms with Gasteiger partial charge < -0.3 is 14.8 Å². The van der Waals surface area contributed by atoms with Crippen LogP contribution in [0.5, 0.6) is 11.5 Å². The van der Waals surface area contributed by atoms with Crippen molar-refractivity contribution in [1.29, 1.82) is 0 Å². The van der Waals surface area contributed by atoms with Gasteiger partial charge in [0.25, 0.3) is 11.8 Å². The van der Waals surface area contributed by atoms with Gasteiger partial charge in [-0.3, -0.25) is 20.4 Å². The first-order valence-corrected chi connectivity index (χ1v) is 10.7. The second-order valence-corrected chi connectivity index (χ2v) is 8.24. The van der Waals surface area contributed by atoms with E-state index in [1.807, 2.05) is 6.92 Å². The summed E-state index contributed by atoms with van der Waals surface area (Å²) in [5, 5.41) is 6.89. The number of anilines is 1. The lowest BCUT2D eigenvalue weighted by molar-refractivity contribution is -0.173. The molecule has 0 saturated heterocycles. The average molecular weight is 487 g/mol. The third-order valence-corrected chi connectivity index (χ3v) is 5.82. The van der Waals surface area contributed by atoms with E-state index in [-0.39, 0.29) is 24.7 Å². The first-order chi connectivity index (χ1) is 16.7. The van der Waals surface area contributed by atoms with Crippen molar-refractivity contribution in [3.8, 4) is 11.5 Å². The number of alkyl halides is 3. The van der Waals surface area contributed by atoms with Crippen molar-refractivity contribution < 1.29 is 32.2 Å². The highest BCUT2D eigenvalue weighted by Crippen LogP contribution is 2.45. The van der Waals surface area contributed by atoms with E-state index in [9.17, 15) is 22.8 Å². The molecule has 3 aromatic rings. The van der Waals surface area contributed by atoms with Crippen LogP contribution in [0, 0.1) is 6.92 Å². The molecule has 12 heteroatoms. The van der Waals surface area contributed by atoms with Crippen molar-refractivity contribution in [3.05, 3.63) is 70.9 Å². The number of aromatic nitrogens is 2. The van der Waals surface area contributed by atoms with Gasteiger partial charge in [0.05, 0.1) is 6.04 Å².